The largest absolute Gasteiger partial charge is 0.453 e. The summed E-state index contributed by atoms with van der Waals surface area (Å²) in [4.78, 5) is 11.8. The molecule has 4 nitrogen and oxygen atoms in total. The van der Waals surface area contributed by atoms with Gasteiger partial charge in [-0.25, -0.2) is 4.79 Å². The zero-order chi connectivity index (χ0) is 17.8. The molecule has 0 aromatic heterocycles. The second-order valence-electron chi connectivity index (χ2n) is 9.90. The topological polar surface area (TPSA) is 58.6 Å². The molecule has 2 N–H and O–H groups in total. The van der Waals surface area contributed by atoms with E-state index in [4.69, 9.17) is 4.74 Å². The van der Waals surface area contributed by atoms with E-state index in [1.807, 2.05) is 0 Å². The Morgan fingerprint density at radius 1 is 1.00 bits per heavy atom. The molecule has 4 aliphatic carbocycles. The Balaban J connectivity index is 1.55. The summed E-state index contributed by atoms with van der Waals surface area (Å²) in [5.74, 6) is 3.07. The number of fused-ring (bicyclic) bond motifs is 5. The summed E-state index contributed by atoms with van der Waals surface area (Å²) in [6.07, 6.45) is 10.3. The van der Waals surface area contributed by atoms with Gasteiger partial charge in [0.2, 0.25) is 0 Å². The van der Waals surface area contributed by atoms with Crippen LogP contribution in [-0.2, 0) is 4.74 Å². The van der Waals surface area contributed by atoms with E-state index < -0.39 is 0 Å². The molecule has 3 unspecified atom stereocenters. The van der Waals surface area contributed by atoms with E-state index in [1.165, 1.54) is 45.6 Å². The molecule has 1 amide bonds. The number of hydrogen-bond donors (Lipinski definition) is 2. The standard InChI is InChI=1S/C21H35NO3/c1-20-10-8-14(23)12-13(20)4-5-15-16-6-7-18(22-19(24)25-3)21(16,2)11-9-17(15)20/h13-18,23H,4-12H2,1-3H3,(H,22,24)/t13-,14+,15?,16?,17?,18-,20-,21-/m0/s1. The molecule has 142 valence electrons. The molecule has 8 atom stereocenters. The number of aliphatic hydroxyl groups excluding tert-OH is 1. The van der Waals surface area contributed by atoms with Crippen LogP contribution in [-0.4, -0.2) is 30.5 Å². The maximum absolute atomic E-state index is 11.8. The molecule has 0 saturated heterocycles. The lowest BCUT2D eigenvalue weighted by Crippen LogP contribution is -2.56. The summed E-state index contributed by atoms with van der Waals surface area (Å²) in [6, 6.07) is 0.268. The molecule has 0 aromatic carbocycles. The molecule has 0 aliphatic heterocycles. The number of alkyl carbamates (subject to hydrolysis) is 1. The summed E-state index contributed by atoms with van der Waals surface area (Å²) in [7, 11) is 1.46. The van der Waals surface area contributed by atoms with Crippen molar-refractivity contribution in [2.45, 2.75) is 83.8 Å². The summed E-state index contributed by atoms with van der Waals surface area (Å²) in [5.41, 5.74) is 0.657. The number of nitrogens with one attached hydrogen (secondary N) is 1. The smallest absolute Gasteiger partial charge is 0.407 e. The van der Waals surface area contributed by atoms with E-state index in [1.54, 1.807) is 0 Å². The molecule has 4 heteroatoms. The summed E-state index contributed by atoms with van der Waals surface area (Å²) in [6.45, 7) is 4.95. The van der Waals surface area contributed by atoms with Crippen molar-refractivity contribution >= 4 is 6.09 Å². The number of ether oxygens (including phenoxy) is 1. The van der Waals surface area contributed by atoms with Crippen LogP contribution in [0.1, 0.15) is 71.6 Å². The highest BCUT2D eigenvalue weighted by atomic mass is 16.5. The van der Waals surface area contributed by atoms with Crippen molar-refractivity contribution in [3.05, 3.63) is 0 Å². The first-order valence-electron chi connectivity index (χ1n) is 10.4. The minimum Gasteiger partial charge on any atom is -0.453 e. The molecule has 4 saturated carbocycles. The van der Waals surface area contributed by atoms with Gasteiger partial charge in [0, 0.05) is 6.04 Å². The fraction of sp³-hybridized carbons (Fsp3) is 0.952. The van der Waals surface area contributed by atoms with Crippen LogP contribution in [0.3, 0.4) is 0 Å². The lowest BCUT2D eigenvalue weighted by Gasteiger charge is -2.60. The van der Waals surface area contributed by atoms with Crippen LogP contribution in [0, 0.1) is 34.5 Å². The van der Waals surface area contributed by atoms with Crippen molar-refractivity contribution in [1.82, 2.24) is 5.32 Å². The monoisotopic (exact) mass is 349 g/mol. The van der Waals surface area contributed by atoms with Gasteiger partial charge >= 0.3 is 6.09 Å². The summed E-state index contributed by atoms with van der Waals surface area (Å²) in [5, 5.41) is 13.3. The third kappa shape index (κ3) is 2.62. The highest BCUT2D eigenvalue weighted by Gasteiger charge is 2.60. The van der Waals surface area contributed by atoms with E-state index in [2.05, 4.69) is 19.2 Å². The highest BCUT2D eigenvalue weighted by Crippen LogP contribution is 2.66. The normalized spacial score (nSPS) is 51.8. The van der Waals surface area contributed by atoms with Crippen LogP contribution < -0.4 is 5.32 Å². The summed E-state index contributed by atoms with van der Waals surface area (Å²) < 4.78 is 4.87. The first kappa shape index (κ1) is 17.6. The molecule has 4 aliphatic rings. The van der Waals surface area contributed by atoms with Crippen LogP contribution in [0.25, 0.3) is 0 Å². The Bertz CT molecular complexity index is 537. The van der Waals surface area contributed by atoms with Crippen molar-refractivity contribution in [1.29, 1.82) is 0 Å². The molecule has 4 rings (SSSR count). The lowest BCUT2D eigenvalue weighted by molar-refractivity contribution is -0.123. The zero-order valence-electron chi connectivity index (χ0n) is 16.1. The fourth-order valence-corrected chi connectivity index (χ4v) is 7.67. The Morgan fingerprint density at radius 3 is 2.48 bits per heavy atom. The minimum absolute atomic E-state index is 0.0661. The first-order chi connectivity index (χ1) is 11.9. The molecule has 0 aromatic rings. The Kier molecular flexibility index (Phi) is 4.33. The average Bonchev–Trinajstić information content (AvgIpc) is 2.92. The van der Waals surface area contributed by atoms with Gasteiger partial charge in [0.05, 0.1) is 13.2 Å². The lowest BCUT2D eigenvalue weighted by atomic mass is 9.45. The molecule has 0 heterocycles. The predicted octanol–water partition coefficient (Wildman–Crippen LogP) is 4.11. The van der Waals surface area contributed by atoms with Gasteiger partial charge < -0.3 is 15.2 Å². The van der Waals surface area contributed by atoms with Gasteiger partial charge in [-0.1, -0.05) is 13.8 Å². The summed E-state index contributed by atoms with van der Waals surface area (Å²) >= 11 is 0. The first-order valence-corrected chi connectivity index (χ1v) is 10.4. The van der Waals surface area contributed by atoms with Gasteiger partial charge in [-0.2, -0.15) is 0 Å². The second kappa shape index (κ2) is 6.14. The third-order valence-electron chi connectivity index (χ3n) is 9.12. The van der Waals surface area contributed by atoms with E-state index in [0.29, 0.717) is 11.3 Å². The van der Waals surface area contributed by atoms with Crippen LogP contribution >= 0.6 is 0 Å². The van der Waals surface area contributed by atoms with Crippen LogP contribution in [0.5, 0.6) is 0 Å². The third-order valence-corrected chi connectivity index (χ3v) is 9.12. The number of rotatable bonds is 1. The van der Waals surface area contributed by atoms with E-state index in [0.717, 1.165) is 37.0 Å². The zero-order valence-corrected chi connectivity index (χ0v) is 16.1. The van der Waals surface area contributed by atoms with Crippen LogP contribution in [0.2, 0.25) is 0 Å². The van der Waals surface area contributed by atoms with Gasteiger partial charge in [-0.15, -0.1) is 0 Å². The molecular weight excluding hydrogens is 314 g/mol. The van der Waals surface area contributed by atoms with Crippen molar-refractivity contribution < 1.29 is 14.6 Å². The van der Waals surface area contributed by atoms with Gasteiger partial charge in [0.25, 0.3) is 0 Å². The van der Waals surface area contributed by atoms with E-state index in [-0.39, 0.29) is 23.7 Å². The van der Waals surface area contributed by atoms with Gasteiger partial charge in [-0.05, 0) is 92.3 Å². The fourth-order valence-electron chi connectivity index (χ4n) is 7.67. The van der Waals surface area contributed by atoms with Crippen LogP contribution in [0.15, 0.2) is 0 Å². The van der Waals surface area contributed by atoms with Crippen LogP contribution in [0.4, 0.5) is 4.79 Å². The van der Waals surface area contributed by atoms with Gasteiger partial charge in [-0.3, -0.25) is 0 Å². The van der Waals surface area contributed by atoms with Gasteiger partial charge in [0.15, 0.2) is 0 Å². The number of carbonyl (C=O) groups excluding carboxylic acids is 1. The maximum Gasteiger partial charge on any atom is 0.407 e. The molecule has 4 fully saturated rings. The highest BCUT2D eigenvalue weighted by molar-refractivity contribution is 5.67. The molecule has 0 spiro atoms. The van der Waals surface area contributed by atoms with Crippen molar-refractivity contribution in [3.8, 4) is 0 Å². The van der Waals surface area contributed by atoms with E-state index in [9.17, 15) is 9.90 Å². The Hall–Kier alpha value is -0.770. The average molecular weight is 350 g/mol. The number of amides is 1. The van der Waals surface area contributed by atoms with E-state index >= 15 is 0 Å². The number of carbonyl (C=O) groups is 1. The Labute approximate surface area is 152 Å². The number of aliphatic hydroxyl groups is 1. The van der Waals surface area contributed by atoms with Gasteiger partial charge in [0.1, 0.15) is 0 Å². The molecule has 0 radical (unpaired) electrons. The number of hydrogen-bond acceptors (Lipinski definition) is 3. The second-order valence-corrected chi connectivity index (χ2v) is 9.90. The predicted molar refractivity (Wildman–Crippen MR) is 97.1 cm³/mol. The van der Waals surface area contributed by atoms with Crippen molar-refractivity contribution in [2.75, 3.05) is 7.11 Å². The molecular formula is C21H35NO3. The number of methoxy groups -OCH3 is 1. The maximum atomic E-state index is 11.8. The molecule has 25 heavy (non-hydrogen) atoms. The minimum atomic E-state index is -0.272. The quantitative estimate of drug-likeness (QED) is 0.749. The SMILES string of the molecule is COC(=O)N[C@H]1CCC2C3CC[C@H]4C[C@H](O)CC[C@]4(C)C3CC[C@@]21C. The van der Waals surface area contributed by atoms with Crippen molar-refractivity contribution in [2.24, 2.45) is 34.5 Å². The van der Waals surface area contributed by atoms with Crippen molar-refractivity contribution in [3.63, 3.8) is 0 Å². The molecule has 0 bridgehead atoms. The Morgan fingerprint density at radius 2 is 1.72 bits per heavy atom.